The molecular formula is C17H18N4O6. The van der Waals surface area contributed by atoms with Gasteiger partial charge < -0.3 is 24.9 Å². The number of hydrogen-bond acceptors (Lipinski definition) is 7. The molecule has 0 atom stereocenters. The molecule has 10 heteroatoms. The van der Waals surface area contributed by atoms with Gasteiger partial charge in [-0.15, -0.1) is 0 Å². The number of primary amides is 1. The molecule has 0 bridgehead atoms. The van der Waals surface area contributed by atoms with Crippen LogP contribution in [0, 0.1) is 0 Å². The Morgan fingerprint density at radius 2 is 2.04 bits per heavy atom. The molecule has 2 rings (SSSR count). The number of amides is 3. The quantitative estimate of drug-likeness (QED) is 0.335. The van der Waals surface area contributed by atoms with Crippen LogP contribution in [0.25, 0.3) is 0 Å². The van der Waals surface area contributed by atoms with E-state index in [2.05, 4.69) is 15.8 Å². The summed E-state index contributed by atoms with van der Waals surface area (Å²) in [6.07, 6.45) is 2.78. The van der Waals surface area contributed by atoms with Crippen molar-refractivity contribution in [3.8, 4) is 11.5 Å². The maximum Gasteiger partial charge on any atom is 0.329 e. The van der Waals surface area contributed by atoms with Crippen molar-refractivity contribution in [1.82, 2.24) is 10.7 Å². The second kappa shape index (κ2) is 9.61. The monoisotopic (exact) mass is 374 g/mol. The van der Waals surface area contributed by atoms with E-state index in [0.29, 0.717) is 22.8 Å². The zero-order chi connectivity index (χ0) is 19.6. The molecule has 142 valence electrons. The van der Waals surface area contributed by atoms with Crippen LogP contribution in [-0.4, -0.2) is 37.7 Å². The molecule has 0 spiro atoms. The Kier molecular flexibility index (Phi) is 6.94. The van der Waals surface area contributed by atoms with Gasteiger partial charge in [0.2, 0.25) is 0 Å². The Bertz CT molecular complexity index is 832. The minimum atomic E-state index is -0.925. The lowest BCUT2D eigenvalue weighted by Gasteiger charge is -2.09. The molecule has 10 nitrogen and oxygen atoms in total. The Morgan fingerprint density at radius 3 is 2.70 bits per heavy atom. The van der Waals surface area contributed by atoms with Crippen LogP contribution in [0.5, 0.6) is 11.5 Å². The number of nitrogens with one attached hydrogen (secondary N) is 2. The lowest BCUT2D eigenvalue weighted by Crippen LogP contribution is -2.37. The molecule has 27 heavy (non-hydrogen) atoms. The number of hydrogen-bond donors (Lipinski definition) is 3. The van der Waals surface area contributed by atoms with Gasteiger partial charge in [-0.3, -0.25) is 14.4 Å². The predicted octanol–water partition coefficient (Wildman–Crippen LogP) is -0.0812. The average molecular weight is 374 g/mol. The first-order valence-corrected chi connectivity index (χ1v) is 7.72. The number of carbonyl (C=O) groups excluding carboxylic acids is 3. The Morgan fingerprint density at radius 1 is 1.22 bits per heavy atom. The van der Waals surface area contributed by atoms with E-state index in [-0.39, 0.29) is 13.2 Å². The number of methoxy groups -OCH3 is 1. The predicted molar refractivity (Wildman–Crippen MR) is 94.0 cm³/mol. The molecule has 1 aromatic carbocycles. The van der Waals surface area contributed by atoms with E-state index in [4.69, 9.17) is 19.6 Å². The number of ether oxygens (including phenoxy) is 2. The van der Waals surface area contributed by atoms with Crippen molar-refractivity contribution >= 4 is 23.9 Å². The van der Waals surface area contributed by atoms with Crippen LogP contribution in [0.3, 0.4) is 0 Å². The van der Waals surface area contributed by atoms with Gasteiger partial charge in [-0.25, -0.2) is 5.43 Å². The number of nitrogens with zero attached hydrogens (tertiary/aromatic N) is 1. The van der Waals surface area contributed by atoms with E-state index in [1.807, 2.05) is 0 Å². The van der Waals surface area contributed by atoms with Crippen LogP contribution in [0.15, 0.2) is 46.1 Å². The molecule has 0 fully saturated rings. The summed E-state index contributed by atoms with van der Waals surface area (Å²) in [4.78, 5) is 34.1. The first kappa shape index (κ1) is 19.5. The number of benzene rings is 1. The second-order valence-corrected chi connectivity index (χ2v) is 5.13. The van der Waals surface area contributed by atoms with Crippen molar-refractivity contribution in [2.24, 2.45) is 10.8 Å². The minimum Gasteiger partial charge on any atom is -0.493 e. The van der Waals surface area contributed by atoms with E-state index in [1.54, 1.807) is 30.3 Å². The van der Waals surface area contributed by atoms with E-state index in [9.17, 15) is 14.4 Å². The van der Waals surface area contributed by atoms with Gasteiger partial charge in [0.25, 0.3) is 5.91 Å². The summed E-state index contributed by atoms with van der Waals surface area (Å²) in [5.74, 6) is -1.19. The summed E-state index contributed by atoms with van der Waals surface area (Å²) in [5.41, 5.74) is 7.70. The van der Waals surface area contributed by atoms with Gasteiger partial charge in [0, 0.05) is 0 Å². The van der Waals surface area contributed by atoms with E-state index >= 15 is 0 Å². The highest BCUT2D eigenvalue weighted by Gasteiger charge is 2.12. The summed E-state index contributed by atoms with van der Waals surface area (Å²) < 4.78 is 15.4. The van der Waals surface area contributed by atoms with Crippen LogP contribution in [0.2, 0.25) is 0 Å². The first-order chi connectivity index (χ1) is 13.0. The van der Waals surface area contributed by atoms with Gasteiger partial charge in [0.15, 0.2) is 18.1 Å². The molecule has 0 aliphatic rings. The summed E-state index contributed by atoms with van der Waals surface area (Å²) in [7, 11) is 1.43. The zero-order valence-electron chi connectivity index (χ0n) is 14.4. The number of nitrogens with two attached hydrogens (primary N) is 1. The third-order valence-corrected chi connectivity index (χ3v) is 3.15. The summed E-state index contributed by atoms with van der Waals surface area (Å²) >= 11 is 0. The van der Waals surface area contributed by atoms with Gasteiger partial charge in [0.1, 0.15) is 5.76 Å². The molecule has 1 heterocycles. The van der Waals surface area contributed by atoms with E-state index < -0.39 is 17.7 Å². The lowest BCUT2D eigenvalue weighted by atomic mass is 10.2. The van der Waals surface area contributed by atoms with Crippen molar-refractivity contribution in [2.45, 2.75) is 6.54 Å². The fourth-order valence-electron chi connectivity index (χ4n) is 1.91. The number of rotatable bonds is 8. The SMILES string of the molecule is COc1cc(/C=N/NC(=O)C(=O)NCc2ccco2)ccc1OCC(N)=O. The molecule has 2 aromatic rings. The average Bonchev–Trinajstić information content (AvgIpc) is 3.18. The molecule has 0 radical (unpaired) electrons. The number of carbonyl (C=O) groups is 3. The summed E-state index contributed by atoms with van der Waals surface area (Å²) in [6, 6.07) is 8.08. The fourth-order valence-corrected chi connectivity index (χ4v) is 1.91. The molecule has 0 aliphatic heterocycles. The second-order valence-electron chi connectivity index (χ2n) is 5.13. The van der Waals surface area contributed by atoms with E-state index in [1.165, 1.54) is 19.6 Å². The van der Waals surface area contributed by atoms with Crippen molar-refractivity contribution in [3.63, 3.8) is 0 Å². The van der Waals surface area contributed by atoms with Gasteiger partial charge >= 0.3 is 11.8 Å². The Balaban J connectivity index is 1.87. The van der Waals surface area contributed by atoms with Crippen molar-refractivity contribution in [3.05, 3.63) is 47.9 Å². The van der Waals surface area contributed by atoms with Gasteiger partial charge in [0.05, 0.1) is 26.1 Å². The van der Waals surface area contributed by atoms with Gasteiger partial charge in [-0.2, -0.15) is 5.10 Å². The van der Waals surface area contributed by atoms with Crippen LogP contribution in [0.1, 0.15) is 11.3 Å². The zero-order valence-corrected chi connectivity index (χ0v) is 14.4. The van der Waals surface area contributed by atoms with Crippen LogP contribution < -0.4 is 25.9 Å². The Labute approximate surface area is 154 Å². The van der Waals surface area contributed by atoms with E-state index in [0.717, 1.165) is 0 Å². The largest absolute Gasteiger partial charge is 0.493 e. The Hall–Kier alpha value is -3.82. The smallest absolute Gasteiger partial charge is 0.329 e. The van der Waals surface area contributed by atoms with Crippen molar-refractivity contribution < 1.29 is 28.3 Å². The third-order valence-electron chi connectivity index (χ3n) is 3.15. The van der Waals surface area contributed by atoms with Crippen molar-refractivity contribution in [1.29, 1.82) is 0 Å². The molecule has 1 aromatic heterocycles. The summed E-state index contributed by atoms with van der Waals surface area (Å²) in [6.45, 7) is -0.195. The molecule has 3 amide bonds. The molecular weight excluding hydrogens is 356 g/mol. The highest BCUT2D eigenvalue weighted by Crippen LogP contribution is 2.27. The topological polar surface area (TPSA) is 145 Å². The molecule has 0 unspecified atom stereocenters. The molecule has 4 N–H and O–H groups in total. The number of hydrazone groups is 1. The standard InChI is InChI=1S/C17H18N4O6/c1-25-14-7-11(4-5-13(14)27-10-15(18)22)8-20-21-17(24)16(23)19-9-12-3-2-6-26-12/h2-8H,9-10H2,1H3,(H2,18,22)(H,19,23)(H,21,24)/b20-8+. The third kappa shape index (κ3) is 6.20. The highest BCUT2D eigenvalue weighted by molar-refractivity contribution is 6.35. The fraction of sp³-hybridized carbons (Fsp3) is 0.176. The highest BCUT2D eigenvalue weighted by atomic mass is 16.5. The van der Waals surface area contributed by atoms with Crippen LogP contribution in [-0.2, 0) is 20.9 Å². The molecule has 0 aliphatic carbocycles. The van der Waals surface area contributed by atoms with Crippen LogP contribution in [0.4, 0.5) is 0 Å². The molecule has 0 saturated heterocycles. The first-order valence-electron chi connectivity index (χ1n) is 7.72. The minimum absolute atomic E-state index is 0.0902. The maximum absolute atomic E-state index is 11.7. The normalized spacial score (nSPS) is 10.4. The lowest BCUT2D eigenvalue weighted by molar-refractivity contribution is -0.139. The number of furan rings is 1. The van der Waals surface area contributed by atoms with Gasteiger partial charge in [-0.1, -0.05) is 0 Å². The maximum atomic E-state index is 11.7. The summed E-state index contributed by atoms with van der Waals surface area (Å²) in [5, 5.41) is 6.10. The van der Waals surface area contributed by atoms with Crippen molar-refractivity contribution in [2.75, 3.05) is 13.7 Å². The van der Waals surface area contributed by atoms with Gasteiger partial charge in [-0.05, 0) is 35.9 Å². The molecule has 0 saturated carbocycles. The van der Waals surface area contributed by atoms with Crippen LogP contribution >= 0.6 is 0 Å².